The van der Waals surface area contributed by atoms with Gasteiger partial charge in [0.25, 0.3) is 0 Å². The van der Waals surface area contributed by atoms with Gasteiger partial charge < -0.3 is 21.1 Å². The van der Waals surface area contributed by atoms with Gasteiger partial charge >= 0.3 is 0 Å². The summed E-state index contributed by atoms with van der Waals surface area (Å²) >= 11 is 0. The van der Waals surface area contributed by atoms with E-state index in [1.807, 2.05) is 19.9 Å². The summed E-state index contributed by atoms with van der Waals surface area (Å²) in [4.78, 5) is 4.55. The molecule has 4 N–H and O–H groups in total. The van der Waals surface area contributed by atoms with Gasteiger partial charge in [0.05, 0.1) is 11.9 Å². The van der Waals surface area contributed by atoms with Crippen molar-refractivity contribution in [2.24, 2.45) is 5.73 Å². The summed E-state index contributed by atoms with van der Waals surface area (Å²) in [6.45, 7) is 3.91. The lowest BCUT2D eigenvalue weighted by molar-refractivity contribution is 0.242. The van der Waals surface area contributed by atoms with Gasteiger partial charge in [-0.15, -0.1) is 0 Å². The Kier molecular flexibility index (Phi) is 5.90. The average Bonchev–Trinajstić information content (AvgIpc) is 3.42. The fourth-order valence-corrected chi connectivity index (χ4v) is 4.04. The molecule has 1 aromatic carbocycles. The predicted octanol–water partition coefficient (Wildman–Crippen LogP) is 2.58. The summed E-state index contributed by atoms with van der Waals surface area (Å²) in [5.41, 5.74) is 7.40. The van der Waals surface area contributed by atoms with E-state index in [9.17, 15) is 13.7 Å². The number of fused-ring (bicyclic) bond motifs is 1. The molecule has 0 spiro atoms. The van der Waals surface area contributed by atoms with Crippen LogP contribution in [0.3, 0.4) is 0 Å². The fourth-order valence-electron chi connectivity index (χ4n) is 3.25. The van der Waals surface area contributed by atoms with E-state index in [1.54, 1.807) is 22.7 Å². The maximum absolute atomic E-state index is 12.0. The van der Waals surface area contributed by atoms with Crippen molar-refractivity contribution < 1.29 is 13.2 Å². The molecular formula is C22H27N7O3S. The molecule has 11 heteroatoms. The number of nitrogens with one attached hydrogen (secondary N) is 2. The molecule has 0 amide bonds. The maximum atomic E-state index is 12.0. The lowest BCUT2D eigenvalue weighted by Crippen LogP contribution is -2.38. The van der Waals surface area contributed by atoms with Crippen LogP contribution in [-0.4, -0.2) is 47.5 Å². The molecule has 0 atom stereocenters. The van der Waals surface area contributed by atoms with Crippen molar-refractivity contribution >= 4 is 32.8 Å². The number of sulfone groups is 1. The van der Waals surface area contributed by atoms with Crippen LogP contribution < -0.4 is 21.1 Å². The summed E-state index contributed by atoms with van der Waals surface area (Å²) in [5, 5.41) is 20.3. The lowest BCUT2D eigenvalue weighted by atomic mass is 10.1. The van der Waals surface area contributed by atoms with E-state index < -0.39 is 15.4 Å². The Bertz CT molecular complexity index is 1330. The van der Waals surface area contributed by atoms with E-state index in [1.165, 1.54) is 12.5 Å². The van der Waals surface area contributed by atoms with Crippen molar-refractivity contribution in [3.05, 3.63) is 41.6 Å². The zero-order valence-electron chi connectivity index (χ0n) is 18.8. The molecule has 1 aliphatic carbocycles. The smallest absolute Gasteiger partial charge is 0.177 e. The first-order valence-electron chi connectivity index (χ1n) is 10.6. The summed E-state index contributed by atoms with van der Waals surface area (Å²) in [6.07, 6.45) is 4.82. The van der Waals surface area contributed by atoms with Gasteiger partial charge in [0.15, 0.2) is 15.5 Å². The molecule has 1 fully saturated rings. The number of nitriles is 1. The molecule has 0 aliphatic heterocycles. The Morgan fingerprint density at radius 2 is 2.09 bits per heavy atom. The Hall–Kier alpha value is -3.36. The van der Waals surface area contributed by atoms with Crippen LogP contribution in [0.2, 0.25) is 0 Å². The molecule has 0 saturated heterocycles. The van der Waals surface area contributed by atoms with Gasteiger partial charge in [-0.2, -0.15) is 14.9 Å². The number of nitrogens with zero attached hydrogens (tertiary/aromatic N) is 4. The third-order valence-electron chi connectivity index (χ3n) is 4.87. The first kappa shape index (κ1) is 22.8. The molecule has 1 aliphatic rings. The predicted molar refractivity (Wildman–Crippen MR) is 126 cm³/mol. The molecule has 10 nitrogen and oxygen atoms in total. The molecule has 2 heterocycles. The normalized spacial score (nSPS) is 14.2. The minimum Gasteiger partial charge on any atom is -0.491 e. The van der Waals surface area contributed by atoms with Crippen LogP contribution in [0.25, 0.3) is 5.65 Å². The Morgan fingerprint density at radius 3 is 2.73 bits per heavy atom. The minimum absolute atomic E-state index is 0.176. The average molecular weight is 470 g/mol. The summed E-state index contributed by atoms with van der Waals surface area (Å²) in [5.74, 6) is 1.52. The van der Waals surface area contributed by atoms with Crippen molar-refractivity contribution in [1.82, 2.24) is 14.6 Å². The third kappa shape index (κ3) is 5.91. The maximum Gasteiger partial charge on any atom is 0.177 e. The van der Waals surface area contributed by atoms with E-state index in [0.29, 0.717) is 40.1 Å². The first-order valence-corrected chi connectivity index (χ1v) is 12.6. The fraction of sp³-hybridized carbons (Fsp3) is 0.409. The number of nitrogens with two attached hydrogens (primary N) is 1. The highest BCUT2D eigenvalue weighted by atomic mass is 32.2. The molecular weight excluding hydrogens is 442 g/mol. The lowest BCUT2D eigenvalue weighted by Gasteiger charge is -2.21. The van der Waals surface area contributed by atoms with Crippen molar-refractivity contribution in [2.45, 2.75) is 44.0 Å². The standard InChI is InChI=1S/C22H27N7O3S/c1-22(2,24)13-32-18-7-6-17(8-14(18)12-33(3,30)31)26-19-9-20(27-16-4-5-16)29-21(28-19)15(10-23)11-25-29/h6-9,11,16,27H,4-5,12-13,24H2,1-3H3,(H,26,28). The van der Waals surface area contributed by atoms with Crippen LogP contribution in [0.1, 0.15) is 37.8 Å². The molecule has 33 heavy (non-hydrogen) atoms. The summed E-state index contributed by atoms with van der Waals surface area (Å²) in [6, 6.07) is 9.53. The number of rotatable bonds is 9. The molecule has 0 bridgehead atoms. The number of anilines is 3. The third-order valence-corrected chi connectivity index (χ3v) is 5.71. The van der Waals surface area contributed by atoms with E-state index in [0.717, 1.165) is 18.7 Å². The van der Waals surface area contributed by atoms with Crippen LogP contribution >= 0.6 is 0 Å². The molecule has 3 aromatic rings. The number of hydrogen-bond acceptors (Lipinski definition) is 9. The number of benzene rings is 1. The molecule has 1 saturated carbocycles. The van der Waals surface area contributed by atoms with Gasteiger partial charge in [-0.1, -0.05) is 0 Å². The highest BCUT2D eigenvalue weighted by Gasteiger charge is 2.23. The van der Waals surface area contributed by atoms with Crippen molar-refractivity contribution in [3.63, 3.8) is 0 Å². The number of ether oxygens (including phenoxy) is 1. The monoisotopic (exact) mass is 469 g/mol. The second-order valence-electron chi connectivity index (χ2n) is 9.15. The van der Waals surface area contributed by atoms with Crippen molar-refractivity contribution in [2.75, 3.05) is 23.5 Å². The zero-order chi connectivity index (χ0) is 23.8. The highest BCUT2D eigenvalue weighted by molar-refractivity contribution is 7.89. The Morgan fingerprint density at radius 1 is 1.33 bits per heavy atom. The summed E-state index contributed by atoms with van der Waals surface area (Å²) in [7, 11) is -3.30. The minimum atomic E-state index is -3.30. The van der Waals surface area contributed by atoms with E-state index >= 15 is 0 Å². The molecule has 0 radical (unpaired) electrons. The van der Waals surface area contributed by atoms with E-state index in [2.05, 4.69) is 26.8 Å². The van der Waals surface area contributed by atoms with Crippen LogP contribution in [-0.2, 0) is 15.6 Å². The zero-order valence-corrected chi connectivity index (χ0v) is 19.6. The van der Waals surface area contributed by atoms with E-state index in [-0.39, 0.29) is 12.4 Å². The molecule has 2 aromatic heterocycles. The largest absolute Gasteiger partial charge is 0.491 e. The van der Waals surface area contributed by atoms with Crippen molar-refractivity contribution in [1.29, 1.82) is 5.26 Å². The van der Waals surface area contributed by atoms with Crippen LogP contribution in [0.15, 0.2) is 30.5 Å². The van der Waals surface area contributed by atoms with Crippen molar-refractivity contribution in [3.8, 4) is 11.8 Å². The SMILES string of the molecule is CC(C)(N)COc1ccc(Nc2cc(NC3CC3)n3ncc(C#N)c3n2)cc1CS(C)(=O)=O. The topological polar surface area (TPSA) is 147 Å². The molecule has 4 rings (SSSR count). The summed E-state index contributed by atoms with van der Waals surface area (Å²) < 4.78 is 31.4. The molecule has 0 unspecified atom stereocenters. The van der Waals surface area contributed by atoms with Gasteiger partial charge in [0.2, 0.25) is 0 Å². The van der Waals surface area contributed by atoms with Gasteiger partial charge in [-0.05, 0) is 44.9 Å². The first-order chi connectivity index (χ1) is 15.5. The molecule has 174 valence electrons. The van der Waals surface area contributed by atoms with E-state index in [4.69, 9.17) is 10.5 Å². The van der Waals surface area contributed by atoms with Gasteiger partial charge in [0, 0.05) is 35.2 Å². The number of hydrogen-bond donors (Lipinski definition) is 3. The quantitative estimate of drug-likeness (QED) is 0.430. The number of aromatic nitrogens is 3. The van der Waals surface area contributed by atoms with Gasteiger partial charge in [-0.3, -0.25) is 0 Å². The van der Waals surface area contributed by atoms with Crippen LogP contribution in [0.4, 0.5) is 17.3 Å². The van der Waals surface area contributed by atoms with Gasteiger partial charge in [0.1, 0.15) is 35.6 Å². The van der Waals surface area contributed by atoms with Crippen LogP contribution in [0, 0.1) is 11.3 Å². The van der Waals surface area contributed by atoms with Gasteiger partial charge in [-0.25, -0.2) is 13.4 Å². The second kappa shape index (κ2) is 8.53. The highest BCUT2D eigenvalue weighted by Crippen LogP contribution is 2.30. The Labute approximate surface area is 192 Å². The van der Waals surface area contributed by atoms with Crippen LogP contribution in [0.5, 0.6) is 5.75 Å². The Balaban J connectivity index is 1.67. The second-order valence-corrected chi connectivity index (χ2v) is 11.3.